The molecular formula is C14H21O2. The van der Waals surface area contributed by atoms with Crippen molar-refractivity contribution in [3.05, 3.63) is 29.7 Å². The first-order valence-electron chi connectivity index (χ1n) is 5.89. The fraction of sp³-hybridized carbons (Fsp3) is 0.500. The van der Waals surface area contributed by atoms with Crippen molar-refractivity contribution in [2.75, 3.05) is 13.2 Å². The zero-order chi connectivity index (χ0) is 12.0. The van der Waals surface area contributed by atoms with Crippen LogP contribution in [0.25, 0.3) is 0 Å². The Balaban J connectivity index is 2.90. The molecule has 0 saturated heterocycles. The Morgan fingerprint density at radius 1 is 1.12 bits per heavy atom. The van der Waals surface area contributed by atoms with Crippen molar-refractivity contribution in [3.8, 4) is 11.5 Å². The van der Waals surface area contributed by atoms with Crippen LogP contribution < -0.4 is 9.47 Å². The average Bonchev–Trinajstić information content (AvgIpc) is 2.27. The third kappa shape index (κ3) is 3.44. The molecule has 0 aliphatic heterocycles. The maximum absolute atomic E-state index is 5.70. The summed E-state index contributed by atoms with van der Waals surface area (Å²) in [7, 11) is 0. The maximum Gasteiger partial charge on any atom is 0.123 e. The van der Waals surface area contributed by atoms with Crippen LogP contribution in [0.4, 0.5) is 0 Å². The van der Waals surface area contributed by atoms with Crippen molar-refractivity contribution < 1.29 is 9.47 Å². The van der Waals surface area contributed by atoms with Crippen LogP contribution >= 0.6 is 0 Å². The van der Waals surface area contributed by atoms with Gasteiger partial charge in [-0.3, -0.25) is 0 Å². The van der Waals surface area contributed by atoms with E-state index in [2.05, 4.69) is 20.8 Å². The lowest BCUT2D eigenvalue weighted by molar-refractivity contribution is 0.312. The van der Waals surface area contributed by atoms with Gasteiger partial charge in [0.15, 0.2) is 0 Å². The SMILES string of the molecule is CCCOc1ccc(OCC)cc1[C](C)C. The van der Waals surface area contributed by atoms with Crippen molar-refractivity contribution in [1.82, 2.24) is 0 Å². The molecule has 89 valence electrons. The minimum absolute atomic E-state index is 0.692. The predicted octanol–water partition coefficient (Wildman–Crippen LogP) is 3.84. The highest BCUT2D eigenvalue weighted by molar-refractivity contribution is 5.46. The van der Waals surface area contributed by atoms with E-state index in [0.717, 1.165) is 30.1 Å². The van der Waals surface area contributed by atoms with Gasteiger partial charge >= 0.3 is 0 Å². The van der Waals surface area contributed by atoms with E-state index in [0.29, 0.717) is 6.61 Å². The van der Waals surface area contributed by atoms with Crippen LogP contribution in [0.5, 0.6) is 11.5 Å². The molecule has 0 amide bonds. The second kappa shape index (κ2) is 6.41. The first-order valence-corrected chi connectivity index (χ1v) is 5.89. The molecule has 0 fully saturated rings. The molecule has 0 atom stereocenters. The first kappa shape index (κ1) is 12.9. The number of ether oxygens (including phenoxy) is 2. The molecule has 0 N–H and O–H groups in total. The van der Waals surface area contributed by atoms with Crippen molar-refractivity contribution in [2.45, 2.75) is 34.1 Å². The van der Waals surface area contributed by atoms with Crippen molar-refractivity contribution in [3.63, 3.8) is 0 Å². The van der Waals surface area contributed by atoms with Crippen LogP contribution in [0.1, 0.15) is 39.7 Å². The Labute approximate surface area is 98.6 Å². The average molecular weight is 221 g/mol. The standard InChI is InChI=1S/C14H21O2/c1-5-9-16-14-8-7-12(15-6-2)10-13(14)11(3)4/h7-8,10H,5-6,9H2,1-4H3. The van der Waals surface area contributed by atoms with E-state index in [1.165, 1.54) is 5.92 Å². The Morgan fingerprint density at radius 3 is 2.44 bits per heavy atom. The third-order valence-electron chi connectivity index (χ3n) is 2.26. The smallest absolute Gasteiger partial charge is 0.123 e. The van der Waals surface area contributed by atoms with Gasteiger partial charge in [0.05, 0.1) is 13.2 Å². The van der Waals surface area contributed by atoms with Crippen LogP contribution in [0, 0.1) is 5.92 Å². The van der Waals surface area contributed by atoms with Crippen LogP contribution in [0.3, 0.4) is 0 Å². The van der Waals surface area contributed by atoms with Gasteiger partial charge in [-0.05, 0) is 31.5 Å². The highest BCUT2D eigenvalue weighted by atomic mass is 16.5. The van der Waals surface area contributed by atoms with Gasteiger partial charge in [0.2, 0.25) is 0 Å². The Bertz CT molecular complexity index is 319. The zero-order valence-electron chi connectivity index (χ0n) is 10.7. The highest BCUT2D eigenvalue weighted by Crippen LogP contribution is 2.30. The summed E-state index contributed by atoms with van der Waals surface area (Å²) in [5.41, 5.74) is 1.14. The Morgan fingerprint density at radius 2 is 1.88 bits per heavy atom. The van der Waals surface area contributed by atoms with Gasteiger partial charge in [0.25, 0.3) is 0 Å². The maximum atomic E-state index is 5.70. The number of hydrogen-bond donors (Lipinski definition) is 0. The van der Waals surface area contributed by atoms with Gasteiger partial charge in [0, 0.05) is 11.5 Å². The first-order chi connectivity index (χ1) is 7.69. The van der Waals surface area contributed by atoms with Crippen LogP contribution in [0.15, 0.2) is 18.2 Å². The van der Waals surface area contributed by atoms with Crippen LogP contribution in [-0.2, 0) is 0 Å². The molecular weight excluding hydrogens is 200 g/mol. The zero-order valence-corrected chi connectivity index (χ0v) is 10.7. The summed E-state index contributed by atoms with van der Waals surface area (Å²) in [4.78, 5) is 0. The molecule has 16 heavy (non-hydrogen) atoms. The Kier molecular flexibility index (Phi) is 5.17. The van der Waals surface area contributed by atoms with E-state index in [1.54, 1.807) is 0 Å². The largest absolute Gasteiger partial charge is 0.494 e. The number of rotatable bonds is 6. The lowest BCUT2D eigenvalue weighted by Crippen LogP contribution is -2.01. The molecule has 0 aliphatic carbocycles. The fourth-order valence-corrected chi connectivity index (χ4v) is 1.49. The molecule has 1 aromatic carbocycles. The molecule has 0 unspecified atom stereocenters. The highest BCUT2D eigenvalue weighted by Gasteiger charge is 2.09. The summed E-state index contributed by atoms with van der Waals surface area (Å²) < 4.78 is 11.2. The molecule has 0 saturated carbocycles. The molecule has 0 spiro atoms. The van der Waals surface area contributed by atoms with Gasteiger partial charge in [-0.1, -0.05) is 20.8 Å². The molecule has 1 aromatic rings. The molecule has 1 rings (SSSR count). The van der Waals surface area contributed by atoms with Gasteiger partial charge < -0.3 is 9.47 Å². The van der Waals surface area contributed by atoms with Gasteiger partial charge in [-0.15, -0.1) is 0 Å². The van der Waals surface area contributed by atoms with Gasteiger partial charge in [0.1, 0.15) is 11.5 Å². The molecule has 0 aromatic heterocycles. The topological polar surface area (TPSA) is 18.5 Å². The van der Waals surface area contributed by atoms with Gasteiger partial charge in [-0.25, -0.2) is 0 Å². The molecule has 0 aliphatic rings. The van der Waals surface area contributed by atoms with Crippen molar-refractivity contribution in [1.29, 1.82) is 0 Å². The third-order valence-corrected chi connectivity index (χ3v) is 2.26. The normalized spacial score (nSPS) is 10.6. The summed E-state index contributed by atoms with van der Waals surface area (Å²) in [6.45, 7) is 9.72. The molecule has 0 heterocycles. The van der Waals surface area contributed by atoms with E-state index >= 15 is 0 Å². The van der Waals surface area contributed by atoms with E-state index in [-0.39, 0.29) is 0 Å². The molecule has 2 nitrogen and oxygen atoms in total. The van der Waals surface area contributed by atoms with Crippen LogP contribution in [0.2, 0.25) is 0 Å². The lowest BCUT2D eigenvalue weighted by atomic mass is 10.0. The quantitative estimate of drug-likeness (QED) is 0.726. The minimum atomic E-state index is 0.692. The Hall–Kier alpha value is -1.18. The molecule has 1 radical (unpaired) electrons. The van der Waals surface area contributed by atoms with Gasteiger partial charge in [-0.2, -0.15) is 0 Å². The van der Waals surface area contributed by atoms with Crippen LogP contribution in [-0.4, -0.2) is 13.2 Å². The fourth-order valence-electron chi connectivity index (χ4n) is 1.49. The summed E-state index contributed by atoms with van der Waals surface area (Å²) in [6, 6.07) is 5.99. The second-order valence-electron chi connectivity index (χ2n) is 3.94. The van der Waals surface area contributed by atoms with Crippen molar-refractivity contribution in [2.24, 2.45) is 0 Å². The monoisotopic (exact) mass is 221 g/mol. The molecule has 0 bridgehead atoms. The lowest BCUT2D eigenvalue weighted by Gasteiger charge is -2.15. The summed E-state index contributed by atoms with van der Waals surface area (Å²) in [6.07, 6.45) is 1.02. The summed E-state index contributed by atoms with van der Waals surface area (Å²) >= 11 is 0. The summed E-state index contributed by atoms with van der Waals surface area (Å²) in [5.74, 6) is 3.10. The van der Waals surface area contributed by atoms with E-state index in [1.807, 2.05) is 25.1 Å². The number of hydrogen-bond acceptors (Lipinski definition) is 2. The van der Waals surface area contributed by atoms with E-state index in [9.17, 15) is 0 Å². The van der Waals surface area contributed by atoms with E-state index in [4.69, 9.17) is 9.47 Å². The minimum Gasteiger partial charge on any atom is -0.494 e. The summed E-state index contributed by atoms with van der Waals surface area (Å²) in [5, 5.41) is 0. The van der Waals surface area contributed by atoms with Crippen molar-refractivity contribution >= 4 is 0 Å². The van der Waals surface area contributed by atoms with E-state index < -0.39 is 0 Å². The second-order valence-corrected chi connectivity index (χ2v) is 3.94. The number of benzene rings is 1. The molecule has 2 heteroatoms. The predicted molar refractivity (Wildman–Crippen MR) is 67.1 cm³/mol.